The molecule has 4 heteroatoms. The van der Waals surface area contributed by atoms with Crippen molar-refractivity contribution in [1.29, 1.82) is 0 Å². The number of carboxylic acid groups (broad SMARTS) is 1. The SMILES string of the molecule is O=C(O)N1C=COc2ccccc21. The molecule has 1 aromatic rings. The molecule has 0 saturated carbocycles. The van der Waals surface area contributed by atoms with Crippen LogP contribution in [0.1, 0.15) is 0 Å². The third-order valence-corrected chi connectivity index (χ3v) is 1.74. The summed E-state index contributed by atoms with van der Waals surface area (Å²) in [6, 6.07) is 6.96. The quantitative estimate of drug-likeness (QED) is 0.659. The molecule has 2 rings (SSSR count). The Kier molecular flexibility index (Phi) is 1.66. The topological polar surface area (TPSA) is 49.8 Å². The Morgan fingerprint density at radius 2 is 2.15 bits per heavy atom. The van der Waals surface area contributed by atoms with Crippen LogP contribution in [0.3, 0.4) is 0 Å². The van der Waals surface area contributed by atoms with E-state index < -0.39 is 6.09 Å². The van der Waals surface area contributed by atoms with Crippen LogP contribution < -0.4 is 9.64 Å². The maximum atomic E-state index is 10.7. The summed E-state index contributed by atoms with van der Waals surface area (Å²) in [6.45, 7) is 0. The Hall–Kier alpha value is -1.97. The summed E-state index contributed by atoms with van der Waals surface area (Å²) >= 11 is 0. The van der Waals surface area contributed by atoms with Crippen molar-refractivity contribution in [2.24, 2.45) is 0 Å². The number of rotatable bonds is 0. The second-order valence-electron chi connectivity index (χ2n) is 2.52. The molecule has 1 aromatic carbocycles. The van der Waals surface area contributed by atoms with E-state index in [9.17, 15) is 4.79 Å². The summed E-state index contributed by atoms with van der Waals surface area (Å²) in [7, 11) is 0. The van der Waals surface area contributed by atoms with E-state index in [-0.39, 0.29) is 0 Å². The zero-order valence-corrected chi connectivity index (χ0v) is 6.68. The highest BCUT2D eigenvalue weighted by molar-refractivity contribution is 5.90. The summed E-state index contributed by atoms with van der Waals surface area (Å²) < 4.78 is 5.12. The lowest BCUT2D eigenvalue weighted by atomic mass is 10.2. The minimum Gasteiger partial charge on any atom is -0.464 e. The number of fused-ring (bicyclic) bond motifs is 1. The minimum atomic E-state index is -1.02. The van der Waals surface area contributed by atoms with Gasteiger partial charge in [0.15, 0.2) is 5.75 Å². The number of benzene rings is 1. The maximum absolute atomic E-state index is 10.7. The second-order valence-corrected chi connectivity index (χ2v) is 2.52. The predicted molar refractivity (Wildman–Crippen MR) is 46.7 cm³/mol. The summed E-state index contributed by atoms with van der Waals surface area (Å²) in [4.78, 5) is 11.8. The highest BCUT2D eigenvalue weighted by atomic mass is 16.5. The largest absolute Gasteiger partial charge is 0.464 e. The number of hydrogen-bond acceptors (Lipinski definition) is 2. The summed E-state index contributed by atoms with van der Waals surface area (Å²) in [5.41, 5.74) is 0.539. The third kappa shape index (κ3) is 1.22. The summed E-state index contributed by atoms with van der Waals surface area (Å²) in [5.74, 6) is 0.549. The van der Waals surface area contributed by atoms with Crippen LogP contribution >= 0.6 is 0 Å². The smallest absolute Gasteiger partial charge is 0.416 e. The molecule has 1 aliphatic rings. The first-order chi connectivity index (χ1) is 6.29. The number of anilines is 1. The first-order valence-corrected chi connectivity index (χ1v) is 3.73. The Morgan fingerprint density at radius 1 is 1.38 bits per heavy atom. The maximum Gasteiger partial charge on any atom is 0.416 e. The van der Waals surface area contributed by atoms with E-state index in [2.05, 4.69) is 0 Å². The Balaban J connectivity index is 2.48. The van der Waals surface area contributed by atoms with Crippen molar-refractivity contribution in [2.75, 3.05) is 4.90 Å². The van der Waals surface area contributed by atoms with Crippen LogP contribution in [0.5, 0.6) is 5.75 Å². The lowest BCUT2D eigenvalue weighted by Crippen LogP contribution is -2.25. The molecule has 1 amide bonds. The fourth-order valence-electron chi connectivity index (χ4n) is 1.17. The highest BCUT2D eigenvalue weighted by Crippen LogP contribution is 2.31. The molecule has 1 N–H and O–H groups in total. The lowest BCUT2D eigenvalue weighted by molar-refractivity contribution is 0.203. The van der Waals surface area contributed by atoms with Crippen LogP contribution in [0.15, 0.2) is 36.7 Å². The van der Waals surface area contributed by atoms with Crippen LogP contribution in [0.25, 0.3) is 0 Å². The van der Waals surface area contributed by atoms with Crippen LogP contribution in [0.4, 0.5) is 10.5 Å². The fourth-order valence-corrected chi connectivity index (χ4v) is 1.17. The van der Waals surface area contributed by atoms with E-state index in [1.165, 1.54) is 12.5 Å². The predicted octanol–water partition coefficient (Wildman–Crippen LogP) is 2.03. The van der Waals surface area contributed by atoms with Gasteiger partial charge in [0.1, 0.15) is 6.26 Å². The summed E-state index contributed by atoms with van der Waals surface area (Å²) in [5, 5.41) is 8.80. The second kappa shape index (κ2) is 2.82. The van der Waals surface area contributed by atoms with E-state index >= 15 is 0 Å². The van der Waals surface area contributed by atoms with Crippen molar-refractivity contribution >= 4 is 11.8 Å². The van der Waals surface area contributed by atoms with Gasteiger partial charge in [-0.25, -0.2) is 9.69 Å². The molecule has 1 aliphatic heterocycles. The number of amides is 1. The molecule has 4 nitrogen and oxygen atoms in total. The molecule has 13 heavy (non-hydrogen) atoms. The summed E-state index contributed by atoms with van der Waals surface area (Å²) in [6.07, 6.45) is 1.69. The average molecular weight is 177 g/mol. The molecule has 0 atom stereocenters. The van der Waals surface area contributed by atoms with Gasteiger partial charge in [-0.1, -0.05) is 12.1 Å². The average Bonchev–Trinajstić information content (AvgIpc) is 2.17. The van der Waals surface area contributed by atoms with Crippen molar-refractivity contribution in [3.8, 4) is 5.75 Å². The van der Waals surface area contributed by atoms with Crippen LogP contribution in [0.2, 0.25) is 0 Å². The van der Waals surface area contributed by atoms with Crippen LogP contribution in [-0.4, -0.2) is 11.2 Å². The molecule has 0 spiro atoms. The zero-order chi connectivity index (χ0) is 9.26. The first-order valence-electron chi connectivity index (χ1n) is 3.73. The van der Waals surface area contributed by atoms with Crippen molar-refractivity contribution in [3.05, 3.63) is 36.7 Å². The Labute approximate surface area is 74.7 Å². The lowest BCUT2D eigenvalue weighted by Gasteiger charge is -2.20. The molecular formula is C9H7NO3. The third-order valence-electron chi connectivity index (χ3n) is 1.74. The zero-order valence-electron chi connectivity index (χ0n) is 6.68. The number of carbonyl (C=O) groups is 1. The van der Waals surface area contributed by atoms with E-state index in [1.54, 1.807) is 24.3 Å². The van der Waals surface area contributed by atoms with Crippen molar-refractivity contribution < 1.29 is 14.6 Å². The van der Waals surface area contributed by atoms with Gasteiger partial charge in [0.2, 0.25) is 0 Å². The van der Waals surface area contributed by atoms with Crippen molar-refractivity contribution in [2.45, 2.75) is 0 Å². The standard InChI is InChI=1S/C9H7NO3/c11-9(12)10-5-6-13-8-4-2-1-3-7(8)10/h1-6H,(H,11,12). The van der Waals surface area contributed by atoms with Crippen molar-refractivity contribution in [1.82, 2.24) is 0 Å². The molecule has 0 fully saturated rings. The Bertz CT molecular complexity index is 373. The Morgan fingerprint density at radius 3 is 2.92 bits per heavy atom. The molecule has 0 aliphatic carbocycles. The van der Waals surface area contributed by atoms with Gasteiger partial charge in [0.25, 0.3) is 0 Å². The van der Waals surface area contributed by atoms with Gasteiger partial charge in [-0.3, -0.25) is 0 Å². The van der Waals surface area contributed by atoms with Gasteiger partial charge >= 0.3 is 6.09 Å². The number of para-hydroxylation sites is 2. The molecule has 0 radical (unpaired) electrons. The van der Waals surface area contributed by atoms with E-state index in [0.29, 0.717) is 11.4 Å². The van der Waals surface area contributed by atoms with Gasteiger partial charge in [-0.15, -0.1) is 0 Å². The van der Waals surface area contributed by atoms with Gasteiger partial charge in [0, 0.05) is 0 Å². The van der Waals surface area contributed by atoms with Crippen LogP contribution in [-0.2, 0) is 0 Å². The first kappa shape index (κ1) is 7.67. The monoisotopic (exact) mass is 177 g/mol. The van der Waals surface area contributed by atoms with E-state index in [0.717, 1.165) is 4.90 Å². The highest BCUT2D eigenvalue weighted by Gasteiger charge is 2.18. The minimum absolute atomic E-state index is 0.539. The van der Waals surface area contributed by atoms with Crippen LogP contribution in [0, 0.1) is 0 Å². The van der Waals surface area contributed by atoms with Crippen molar-refractivity contribution in [3.63, 3.8) is 0 Å². The number of ether oxygens (including phenoxy) is 1. The van der Waals surface area contributed by atoms with Gasteiger partial charge < -0.3 is 9.84 Å². The molecule has 0 aromatic heterocycles. The molecule has 66 valence electrons. The number of nitrogens with zero attached hydrogens (tertiary/aromatic N) is 1. The molecule has 1 heterocycles. The fraction of sp³-hybridized carbons (Fsp3) is 0. The van der Waals surface area contributed by atoms with Gasteiger partial charge in [0.05, 0.1) is 11.9 Å². The normalized spacial score (nSPS) is 13.4. The van der Waals surface area contributed by atoms with Gasteiger partial charge in [-0.2, -0.15) is 0 Å². The van der Waals surface area contributed by atoms with Gasteiger partial charge in [-0.05, 0) is 12.1 Å². The molecule has 0 unspecified atom stereocenters. The molecular weight excluding hydrogens is 170 g/mol. The van der Waals surface area contributed by atoms with E-state index in [4.69, 9.17) is 9.84 Å². The number of hydrogen-bond donors (Lipinski definition) is 1. The molecule has 0 bridgehead atoms. The molecule has 0 saturated heterocycles. The van der Waals surface area contributed by atoms with E-state index in [1.807, 2.05) is 0 Å².